The van der Waals surface area contributed by atoms with E-state index in [1.54, 1.807) is 15.5 Å². The van der Waals surface area contributed by atoms with Gasteiger partial charge in [-0.3, -0.25) is 0 Å². The summed E-state index contributed by atoms with van der Waals surface area (Å²) in [6.45, 7) is 6.62. The number of aromatic nitrogens is 7. The molecule has 1 saturated heterocycles. The third kappa shape index (κ3) is 4.13. The first-order valence-corrected chi connectivity index (χ1v) is 11.0. The van der Waals surface area contributed by atoms with Crippen LogP contribution in [-0.4, -0.2) is 53.5 Å². The molecule has 4 heterocycles. The van der Waals surface area contributed by atoms with Gasteiger partial charge in [-0.2, -0.15) is 24.7 Å². The van der Waals surface area contributed by atoms with Gasteiger partial charge in [0, 0.05) is 18.7 Å². The fraction of sp³-hybridized carbons (Fsp3) is 0.409. The maximum absolute atomic E-state index is 6.15. The van der Waals surface area contributed by atoms with Crippen molar-refractivity contribution in [2.45, 2.75) is 45.3 Å². The Labute approximate surface area is 186 Å². The quantitative estimate of drug-likeness (QED) is 0.458. The molecule has 166 valence electrons. The molecule has 0 spiro atoms. The van der Waals surface area contributed by atoms with Crippen molar-refractivity contribution in [2.75, 3.05) is 18.4 Å². The average molecular weight is 434 g/mol. The number of benzene rings is 1. The van der Waals surface area contributed by atoms with Crippen LogP contribution >= 0.6 is 0 Å². The van der Waals surface area contributed by atoms with E-state index in [0.717, 1.165) is 48.4 Å². The highest BCUT2D eigenvalue weighted by Gasteiger charge is 2.20. The van der Waals surface area contributed by atoms with Crippen molar-refractivity contribution in [3.63, 3.8) is 0 Å². The Kier molecular flexibility index (Phi) is 5.68. The van der Waals surface area contributed by atoms with E-state index in [1.165, 1.54) is 6.33 Å². The summed E-state index contributed by atoms with van der Waals surface area (Å²) in [5, 5.41) is 15.6. The van der Waals surface area contributed by atoms with E-state index in [2.05, 4.69) is 50.7 Å². The van der Waals surface area contributed by atoms with Crippen molar-refractivity contribution in [3.05, 3.63) is 54.2 Å². The molecule has 4 aromatic rings. The summed E-state index contributed by atoms with van der Waals surface area (Å²) in [6.07, 6.45) is 7.22. The molecule has 2 N–H and O–H groups in total. The minimum absolute atomic E-state index is 0.0671. The normalized spacial score (nSPS) is 16.5. The van der Waals surface area contributed by atoms with Gasteiger partial charge in [0.2, 0.25) is 5.95 Å². The molecule has 1 atom stereocenters. The third-order valence-corrected chi connectivity index (χ3v) is 5.61. The molecule has 1 aliphatic heterocycles. The number of rotatable bonds is 7. The van der Waals surface area contributed by atoms with Gasteiger partial charge < -0.3 is 15.4 Å². The number of anilines is 1. The fourth-order valence-corrected chi connectivity index (χ4v) is 3.91. The molecule has 0 unspecified atom stereocenters. The number of ether oxygens (including phenoxy) is 1. The second kappa shape index (κ2) is 8.91. The van der Waals surface area contributed by atoms with Gasteiger partial charge in [-0.05, 0) is 36.9 Å². The minimum atomic E-state index is 0.0671. The molecular weight excluding hydrogens is 406 g/mol. The van der Waals surface area contributed by atoms with Crippen LogP contribution in [0.3, 0.4) is 0 Å². The smallest absolute Gasteiger partial charge is 0.322 e. The maximum atomic E-state index is 6.15. The van der Waals surface area contributed by atoms with Gasteiger partial charge >= 0.3 is 6.01 Å². The molecule has 1 aliphatic rings. The molecule has 0 amide bonds. The SMILES string of the molecule is CC(C)c1cnn2c(NCc3ccccc3-n3cncn3)nc(O[C@@H]3CCCNC3)nc12. The van der Waals surface area contributed by atoms with Crippen LogP contribution in [0.5, 0.6) is 6.01 Å². The van der Waals surface area contributed by atoms with Crippen LogP contribution in [0.2, 0.25) is 0 Å². The maximum Gasteiger partial charge on any atom is 0.322 e. The van der Waals surface area contributed by atoms with Crippen molar-refractivity contribution < 1.29 is 4.74 Å². The molecule has 0 radical (unpaired) electrons. The van der Waals surface area contributed by atoms with E-state index in [1.807, 2.05) is 24.4 Å². The van der Waals surface area contributed by atoms with Gasteiger partial charge in [0.25, 0.3) is 0 Å². The Balaban J connectivity index is 1.46. The van der Waals surface area contributed by atoms with Crippen LogP contribution in [0.15, 0.2) is 43.1 Å². The monoisotopic (exact) mass is 433 g/mol. The lowest BCUT2D eigenvalue weighted by Crippen LogP contribution is -2.37. The van der Waals surface area contributed by atoms with Crippen LogP contribution in [0, 0.1) is 0 Å². The van der Waals surface area contributed by atoms with Crippen molar-refractivity contribution in [2.24, 2.45) is 0 Å². The van der Waals surface area contributed by atoms with E-state index in [4.69, 9.17) is 9.72 Å². The van der Waals surface area contributed by atoms with Crippen LogP contribution in [0.4, 0.5) is 5.95 Å². The second-order valence-electron chi connectivity index (χ2n) is 8.23. The van der Waals surface area contributed by atoms with Crippen molar-refractivity contribution >= 4 is 11.6 Å². The summed E-state index contributed by atoms with van der Waals surface area (Å²) in [5.41, 5.74) is 3.83. The van der Waals surface area contributed by atoms with Crippen LogP contribution in [-0.2, 0) is 6.54 Å². The zero-order valence-corrected chi connectivity index (χ0v) is 18.3. The van der Waals surface area contributed by atoms with E-state index >= 15 is 0 Å². The van der Waals surface area contributed by atoms with Gasteiger partial charge in [-0.25, -0.2) is 9.67 Å². The van der Waals surface area contributed by atoms with Crippen molar-refractivity contribution in [1.82, 2.24) is 39.7 Å². The van der Waals surface area contributed by atoms with Crippen LogP contribution in [0.1, 0.15) is 43.7 Å². The summed E-state index contributed by atoms with van der Waals surface area (Å²) in [6, 6.07) is 8.42. The molecule has 32 heavy (non-hydrogen) atoms. The van der Waals surface area contributed by atoms with E-state index in [-0.39, 0.29) is 12.0 Å². The Morgan fingerprint density at radius 3 is 2.91 bits per heavy atom. The molecule has 3 aromatic heterocycles. The number of fused-ring (bicyclic) bond motifs is 1. The Bertz CT molecular complexity index is 1180. The number of hydrogen-bond donors (Lipinski definition) is 2. The number of nitrogens with zero attached hydrogens (tertiary/aromatic N) is 7. The van der Waals surface area contributed by atoms with Crippen molar-refractivity contribution in [1.29, 1.82) is 0 Å². The molecule has 0 bridgehead atoms. The average Bonchev–Trinajstić information content (AvgIpc) is 3.49. The first-order chi connectivity index (χ1) is 15.7. The molecule has 10 nitrogen and oxygen atoms in total. The first kappa shape index (κ1) is 20.4. The van der Waals surface area contributed by atoms with Gasteiger partial charge in [0.15, 0.2) is 5.65 Å². The molecule has 1 fully saturated rings. The van der Waals surface area contributed by atoms with E-state index in [9.17, 15) is 0 Å². The minimum Gasteiger partial charge on any atom is -0.459 e. The lowest BCUT2D eigenvalue weighted by molar-refractivity contribution is 0.153. The lowest BCUT2D eigenvalue weighted by Gasteiger charge is -2.23. The Morgan fingerprint density at radius 1 is 1.22 bits per heavy atom. The Hall–Kier alpha value is -3.53. The Morgan fingerprint density at radius 2 is 2.12 bits per heavy atom. The van der Waals surface area contributed by atoms with Gasteiger partial charge in [0.05, 0.1) is 11.9 Å². The zero-order chi connectivity index (χ0) is 21.9. The third-order valence-electron chi connectivity index (χ3n) is 5.61. The predicted octanol–water partition coefficient (Wildman–Crippen LogP) is 2.57. The fourth-order valence-electron chi connectivity index (χ4n) is 3.91. The summed E-state index contributed by atoms with van der Waals surface area (Å²) in [4.78, 5) is 13.4. The summed E-state index contributed by atoms with van der Waals surface area (Å²) < 4.78 is 9.66. The highest BCUT2D eigenvalue weighted by atomic mass is 16.5. The molecule has 5 rings (SSSR count). The largest absolute Gasteiger partial charge is 0.459 e. The zero-order valence-electron chi connectivity index (χ0n) is 18.3. The van der Waals surface area contributed by atoms with Crippen molar-refractivity contribution in [3.8, 4) is 11.7 Å². The van der Waals surface area contributed by atoms with Crippen LogP contribution in [0.25, 0.3) is 11.3 Å². The predicted molar refractivity (Wildman–Crippen MR) is 120 cm³/mol. The number of nitrogens with one attached hydrogen (secondary N) is 2. The van der Waals surface area contributed by atoms with E-state index < -0.39 is 0 Å². The van der Waals surface area contributed by atoms with E-state index in [0.29, 0.717) is 18.5 Å². The highest BCUT2D eigenvalue weighted by molar-refractivity contribution is 5.53. The topological polar surface area (TPSA) is 107 Å². The molecule has 0 aliphatic carbocycles. The standard InChI is InChI=1S/C22H27N9O/c1-15(2)18-12-26-31-20(18)28-22(32-17-7-5-9-23-11-17)29-21(31)25-10-16-6-3-4-8-19(16)30-14-24-13-27-30/h3-4,6,8,12-15,17,23H,5,7,9-11H2,1-2H3,(H,25,28,29)/t17-/m1/s1. The van der Waals surface area contributed by atoms with Gasteiger partial charge in [-0.1, -0.05) is 32.0 Å². The van der Waals surface area contributed by atoms with Crippen LogP contribution < -0.4 is 15.4 Å². The number of hydrogen-bond acceptors (Lipinski definition) is 8. The number of para-hydroxylation sites is 1. The summed E-state index contributed by atoms with van der Waals surface area (Å²) in [7, 11) is 0. The number of piperidine rings is 1. The van der Waals surface area contributed by atoms with Gasteiger partial charge in [0.1, 0.15) is 18.8 Å². The highest BCUT2D eigenvalue weighted by Crippen LogP contribution is 2.24. The lowest BCUT2D eigenvalue weighted by atomic mass is 10.1. The second-order valence-corrected chi connectivity index (χ2v) is 8.23. The molecular formula is C22H27N9O. The first-order valence-electron chi connectivity index (χ1n) is 11.0. The summed E-state index contributed by atoms with van der Waals surface area (Å²) in [5.74, 6) is 0.876. The summed E-state index contributed by atoms with van der Waals surface area (Å²) >= 11 is 0. The molecule has 10 heteroatoms. The van der Waals surface area contributed by atoms with Gasteiger partial charge in [-0.15, -0.1) is 0 Å². The molecule has 1 aromatic carbocycles. The molecule has 0 saturated carbocycles.